The molecule has 3 aromatic rings. The summed E-state index contributed by atoms with van der Waals surface area (Å²) in [5, 5.41) is 0.889. The fourth-order valence-corrected chi connectivity index (χ4v) is 3.60. The number of aromatic nitrogens is 2. The molecule has 1 amide bonds. The molecule has 1 aromatic heterocycles. The van der Waals surface area contributed by atoms with Gasteiger partial charge in [0.05, 0.1) is 29.0 Å². The second kappa shape index (κ2) is 6.54. The Hall–Kier alpha value is -2.30. The first-order valence-corrected chi connectivity index (χ1v) is 8.73. The number of halogens is 2. The first-order chi connectivity index (χ1) is 12.1. The average molecular weight is 372 g/mol. The monoisotopic (exact) mass is 371 g/mol. The number of benzene rings is 2. The molecule has 0 aliphatic carbocycles. The summed E-state index contributed by atoms with van der Waals surface area (Å²) in [6.07, 6.45) is 1.87. The Labute approximate surface area is 155 Å². The SMILES string of the molecule is O=C(c1ccc(Cl)cc1Cl)N1CCn2c(-c3ccccc3)cnc2C1. The van der Waals surface area contributed by atoms with Crippen molar-refractivity contribution >= 4 is 29.1 Å². The third-order valence-electron chi connectivity index (χ3n) is 4.38. The summed E-state index contributed by atoms with van der Waals surface area (Å²) < 4.78 is 2.17. The van der Waals surface area contributed by atoms with Gasteiger partial charge in [0, 0.05) is 18.1 Å². The summed E-state index contributed by atoms with van der Waals surface area (Å²) in [7, 11) is 0. The minimum atomic E-state index is -0.0998. The zero-order chi connectivity index (χ0) is 17.4. The number of nitrogens with zero attached hydrogens (tertiary/aromatic N) is 3. The number of rotatable bonds is 2. The molecule has 0 saturated heterocycles. The Balaban J connectivity index is 1.60. The van der Waals surface area contributed by atoms with Crippen molar-refractivity contribution in [3.63, 3.8) is 0 Å². The van der Waals surface area contributed by atoms with Gasteiger partial charge in [0.2, 0.25) is 0 Å². The molecule has 25 heavy (non-hydrogen) atoms. The summed E-state index contributed by atoms with van der Waals surface area (Å²) in [4.78, 5) is 19.1. The second-order valence-corrected chi connectivity index (χ2v) is 6.77. The van der Waals surface area contributed by atoms with E-state index in [1.165, 1.54) is 0 Å². The Morgan fingerprint density at radius 1 is 1.04 bits per heavy atom. The molecule has 1 aliphatic heterocycles. The number of imidazole rings is 1. The molecule has 6 heteroatoms. The van der Waals surface area contributed by atoms with Crippen molar-refractivity contribution in [3.8, 4) is 11.3 Å². The zero-order valence-electron chi connectivity index (χ0n) is 13.3. The summed E-state index contributed by atoms with van der Waals surface area (Å²) in [6.45, 7) is 1.78. The van der Waals surface area contributed by atoms with E-state index in [0.717, 1.165) is 17.1 Å². The number of hydrogen-bond donors (Lipinski definition) is 0. The van der Waals surface area contributed by atoms with Crippen LogP contribution in [0.2, 0.25) is 10.0 Å². The molecule has 0 radical (unpaired) electrons. The highest BCUT2D eigenvalue weighted by atomic mass is 35.5. The molecule has 0 bridgehead atoms. The minimum Gasteiger partial charge on any atom is -0.329 e. The van der Waals surface area contributed by atoms with Gasteiger partial charge in [-0.05, 0) is 23.8 Å². The van der Waals surface area contributed by atoms with Crippen LogP contribution in [0.4, 0.5) is 0 Å². The van der Waals surface area contributed by atoms with E-state index >= 15 is 0 Å². The Bertz CT molecular complexity index is 937. The fraction of sp³-hybridized carbons (Fsp3) is 0.158. The lowest BCUT2D eigenvalue weighted by atomic mass is 10.1. The van der Waals surface area contributed by atoms with Crippen LogP contribution in [0.25, 0.3) is 11.3 Å². The van der Waals surface area contributed by atoms with Gasteiger partial charge in [-0.3, -0.25) is 4.79 Å². The fourth-order valence-electron chi connectivity index (χ4n) is 3.11. The van der Waals surface area contributed by atoms with Gasteiger partial charge in [0.1, 0.15) is 5.82 Å². The predicted octanol–water partition coefficient (Wildman–Crippen LogP) is 4.51. The van der Waals surface area contributed by atoms with Crippen LogP contribution in [-0.2, 0) is 13.1 Å². The minimum absolute atomic E-state index is 0.0998. The molecule has 0 spiro atoms. The van der Waals surface area contributed by atoms with Gasteiger partial charge in [-0.2, -0.15) is 0 Å². The summed E-state index contributed by atoms with van der Waals surface area (Å²) in [5.74, 6) is 0.778. The van der Waals surface area contributed by atoms with E-state index in [1.54, 1.807) is 23.1 Å². The van der Waals surface area contributed by atoms with Crippen LogP contribution in [0.5, 0.6) is 0 Å². The molecule has 4 rings (SSSR count). The van der Waals surface area contributed by atoms with Crippen molar-refractivity contribution in [1.29, 1.82) is 0 Å². The van der Waals surface area contributed by atoms with Crippen molar-refractivity contribution in [2.75, 3.05) is 6.54 Å². The Morgan fingerprint density at radius 3 is 2.60 bits per heavy atom. The van der Waals surface area contributed by atoms with Crippen LogP contribution in [0.15, 0.2) is 54.7 Å². The quantitative estimate of drug-likeness (QED) is 0.664. The summed E-state index contributed by atoms with van der Waals surface area (Å²) in [5.41, 5.74) is 2.67. The van der Waals surface area contributed by atoms with Crippen LogP contribution in [0, 0.1) is 0 Å². The molecule has 0 unspecified atom stereocenters. The molecule has 0 saturated carbocycles. The lowest BCUT2D eigenvalue weighted by Crippen LogP contribution is -2.38. The predicted molar refractivity (Wildman–Crippen MR) is 98.9 cm³/mol. The molecule has 2 aromatic carbocycles. The molecule has 1 aliphatic rings. The maximum Gasteiger partial charge on any atom is 0.255 e. The molecular weight excluding hydrogens is 357 g/mol. The van der Waals surface area contributed by atoms with Gasteiger partial charge < -0.3 is 9.47 Å². The van der Waals surface area contributed by atoms with E-state index in [4.69, 9.17) is 23.2 Å². The van der Waals surface area contributed by atoms with Gasteiger partial charge in [0.15, 0.2) is 0 Å². The maximum absolute atomic E-state index is 12.8. The van der Waals surface area contributed by atoms with Gasteiger partial charge in [-0.25, -0.2) is 4.98 Å². The summed E-state index contributed by atoms with van der Waals surface area (Å²) in [6, 6.07) is 15.1. The van der Waals surface area contributed by atoms with Crippen molar-refractivity contribution in [2.24, 2.45) is 0 Å². The average Bonchev–Trinajstić information content (AvgIpc) is 3.05. The smallest absolute Gasteiger partial charge is 0.255 e. The lowest BCUT2D eigenvalue weighted by molar-refractivity contribution is 0.0708. The standard InChI is InChI=1S/C19H15Cl2N3O/c20-14-6-7-15(16(21)10-14)19(25)23-8-9-24-17(11-22-18(24)12-23)13-4-2-1-3-5-13/h1-7,10-11H,8-9,12H2. The molecule has 0 fully saturated rings. The van der Waals surface area contributed by atoms with Crippen LogP contribution in [0.3, 0.4) is 0 Å². The van der Waals surface area contributed by atoms with E-state index in [0.29, 0.717) is 35.2 Å². The zero-order valence-corrected chi connectivity index (χ0v) is 14.8. The van der Waals surface area contributed by atoms with Crippen molar-refractivity contribution in [3.05, 3.63) is 76.2 Å². The number of amides is 1. The molecule has 0 N–H and O–H groups in total. The highest BCUT2D eigenvalue weighted by Crippen LogP contribution is 2.26. The molecule has 0 atom stereocenters. The number of carbonyl (C=O) groups is 1. The third kappa shape index (κ3) is 3.03. The van der Waals surface area contributed by atoms with Gasteiger partial charge in [-0.1, -0.05) is 53.5 Å². The third-order valence-corrected chi connectivity index (χ3v) is 4.93. The first kappa shape index (κ1) is 16.2. The van der Waals surface area contributed by atoms with Gasteiger partial charge in [-0.15, -0.1) is 0 Å². The van der Waals surface area contributed by atoms with E-state index < -0.39 is 0 Å². The highest BCUT2D eigenvalue weighted by molar-refractivity contribution is 6.36. The van der Waals surface area contributed by atoms with E-state index in [2.05, 4.69) is 21.7 Å². The molecule has 4 nitrogen and oxygen atoms in total. The van der Waals surface area contributed by atoms with Crippen molar-refractivity contribution in [2.45, 2.75) is 13.1 Å². The molecule has 2 heterocycles. The first-order valence-electron chi connectivity index (χ1n) is 7.97. The van der Waals surface area contributed by atoms with Crippen LogP contribution < -0.4 is 0 Å². The second-order valence-electron chi connectivity index (χ2n) is 5.93. The van der Waals surface area contributed by atoms with Gasteiger partial charge >= 0.3 is 0 Å². The van der Waals surface area contributed by atoms with Crippen molar-refractivity contribution < 1.29 is 4.79 Å². The lowest BCUT2D eigenvalue weighted by Gasteiger charge is -2.29. The highest BCUT2D eigenvalue weighted by Gasteiger charge is 2.25. The molecule has 126 valence electrons. The van der Waals surface area contributed by atoms with E-state index in [-0.39, 0.29) is 5.91 Å². The molecular formula is C19H15Cl2N3O. The van der Waals surface area contributed by atoms with Crippen LogP contribution in [0.1, 0.15) is 16.2 Å². The van der Waals surface area contributed by atoms with E-state index in [1.807, 2.05) is 24.4 Å². The largest absolute Gasteiger partial charge is 0.329 e. The number of carbonyl (C=O) groups excluding carboxylic acids is 1. The number of fused-ring (bicyclic) bond motifs is 1. The summed E-state index contributed by atoms with van der Waals surface area (Å²) >= 11 is 12.1. The van der Waals surface area contributed by atoms with Crippen LogP contribution >= 0.6 is 23.2 Å². The van der Waals surface area contributed by atoms with E-state index in [9.17, 15) is 4.79 Å². The maximum atomic E-state index is 12.8. The Morgan fingerprint density at radius 2 is 1.84 bits per heavy atom. The normalized spacial score (nSPS) is 13.6. The Kier molecular flexibility index (Phi) is 4.24. The van der Waals surface area contributed by atoms with Gasteiger partial charge in [0.25, 0.3) is 5.91 Å². The topological polar surface area (TPSA) is 38.1 Å². The number of hydrogen-bond acceptors (Lipinski definition) is 2. The van der Waals surface area contributed by atoms with Crippen LogP contribution in [-0.4, -0.2) is 26.9 Å². The van der Waals surface area contributed by atoms with Crippen molar-refractivity contribution in [1.82, 2.24) is 14.5 Å².